The Hall–Kier alpha value is -2.01. The maximum atomic E-state index is 13.5. The number of halogens is 3. The molecule has 0 unspecified atom stereocenters. The highest BCUT2D eigenvalue weighted by Gasteiger charge is 2.18. The molecule has 0 spiro atoms. The van der Waals surface area contributed by atoms with E-state index >= 15 is 0 Å². The Morgan fingerprint density at radius 3 is 2.80 bits per heavy atom. The highest BCUT2D eigenvalue weighted by atomic mass is 35.5. The lowest BCUT2D eigenvalue weighted by Crippen LogP contribution is -2.02. The summed E-state index contributed by atoms with van der Waals surface area (Å²) in [5.74, 6) is -0.173. The van der Waals surface area contributed by atoms with E-state index in [1.54, 1.807) is 12.1 Å². The fourth-order valence-corrected chi connectivity index (χ4v) is 2.24. The molecule has 3 nitrogen and oxygen atoms in total. The normalized spacial score (nSPS) is 12.6. The molecule has 1 heterocycles. The Morgan fingerprint density at radius 1 is 1.15 bits per heavy atom. The van der Waals surface area contributed by atoms with E-state index < -0.39 is 11.6 Å². The monoisotopic (exact) mass is 297 g/mol. The van der Waals surface area contributed by atoms with Gasteiger partial charge in [0.15, 0.2) is 11.5 Å². The molecule has 0 saturated heterocycles. The zero-order valence-corrected chi connectivity index (χ0v) is 11.0. The van der Waals surface area contributed by atoms with Crippen molar-refractivity contribution < 1.29 is 18.3 Å². The first kappa shape index (κ1) is 13.0. The van der Waals surface area contributed by atoms with Crippen LogP contribution in [0.3, 0.4) is 0 Å². The molecule has 6 heteroatoms. The van der Waals surface area contributed by atoms with Crippen LogP contribution >= 0.6 is 11.6 Å². The summed E-state index contributed by atoms with van der Waals surface area (Å²) in [5.41, 5.74) is 1.03. The first-order valence-electron chi connectivity index (χ1n) is 5.90. The van der Waals surface area contributed by atoms with Gasteiger partial charge in [-0.1, -0.05) is 11.6 Å². The van der Waals surface area contributed by atoms with Gasteiger partial charge in [-0.05, 0) is 29.8 Å². The van der Waals surface area contributed by atoms with Gasteiger partial charge in [0.05, 0.1) is 10.7 Å². The van der Waals surface area contributed by atoms with Gasteiger partial charge in [-0.2, -0.15) is 0 Å². The van der Waals surface area contributed by atoms with E-state index in [9.17, 15) is 8.78 Å². The molecule has 1 aliphatic rings. The molecule has 1 aliphatic heterocycles. The molecule has 20 heavy (non-hydrogen) atoms. The van der Waals surface area contributed by atoms with Gasteiger partial charge >= 0.3 is 0 Å². The maximum Gasteiger partial charge on any atom is 0.231 e. The van der Waals surface area contributed by atoms with Crippen LogP contribution in [0.2, 0.25) is 5.02 Å². The van der Waals surface area contributed by atoms with Gasteiger partial charge in [0.2, 0.25) is 6.79 Å². The van der Waals surface area contributed by atoms with E-state index in [1.165, 1.54) is 12.1 Å². The minimum atomic E-state index is -0.642. The van der Waals surface area contributed by atoms with E-state index in [0.717, 1.165) is 11.6 Å². The Labute approximate surface area is 119 Å². The predicted octanol–water partition coefficient (Wildman–Crippen LogP) is 3.96. The van der Waals surface area contributed by atoms with Crippen molar-refractivity contribution in [1.29, 1.82) is 0 Å². The first-order valence-corrected chi connectivity index (χ1v) is 6.28. The second kappa shape index (κ2) is 5.17. The van der Waals surface area contributed by atoms with E-state index in [1.807, 2.05) is 0 Å². The number of rotatable bonds is 3. The van der Waals surface area contributed by atoms with Crippen molar-refractivity contribution in [2.24, 2.45) is 0 Å². The van der Waals surface area contributed by atoms with E-state index in [2.05, 4.69) is 5.32 Å². The van der Waals surface area contributed by atoms with Gasteiger partial charge < -0.3 is 14.8 Å². The topological polar surface area (TPSA) is 30.5 Å². The Bertz CT molecular complexity index is 664. The molecule has 2 aromatic rings. The van der Waals surface area contributed by atoms with Gasteiger partial charge in [0, 0.05) is 12.6 Å². The third kappa shape index (κ3) is 2.49. The van der Waals surface area contributed by atoms with Gasteiger partial charge in [0.1, 0.15) is 11.6 Å². The molecule has 2 aromatic carbocycles. The number of nitrogens with one attached hydrogen (secondary N) is 1. The van der Waals surface area contributed by atoms with Crippen LogP contribution < -0.4 is 14.8 Å². The summed E-state index contributed by atoms with van der Waals surface area (Å²) in [6, 6.07) is 6.85. The predicted molar refractivity (Wildman–Crippen MR) is 71.3 cm³/mol. The van der Waals surface area contributed by atoms with Crippen molar-refractivity contribution in [3.8, 4) is 11.5 Å². The molecule has 0 amide bonds. The van der Waals surface area contributed by atoms with Crippen LogP contribution in [-0.2, 0) is 6.54 Å². The molecular formula is C14H10ClF2NO2. The zero-order chi connectivity index (χ0) is 14.1. The summed E-state index contributed by atoms with van der Waals surface area (Å²) in [6.07, 6.45) is 0. The van der Waals surface area contributed by atoms with Gasteiger partial charge in [-0.15, -0.1) is 0 Å². The quantitative estimate of drug-likeness (QED) is 0.930. The molecule has 0 aromatic heterocycles. The van der Waals surface area contributed by atoms with Crippen LogP contribution in [-0.4, -0.2) is 6.79 Å². The summed E-state index contributed by atoms with van der Waals surface area (Å²) in [4.78, 5) is 0. The minimum absolute atomic E-state index is 0.137. The van der Waals surface area contributed by atoms with Crippen molar-refractivity contribution in [1.82, 2.24) is 0 Å². The molecule has 104 valence electrons. The highest BCUT2D eigenvalue weighted by Crippen LogP contribution is 2.39. The lowest BCUT2D eigenvalue weighted by molar-refractivity contribution is 0.174. The molecule has 1 N–H and O–H groups in total. The standard InChI is InChI=1S/C14H10ClF2NO2/c15-10-3-8(4-13-14(10)20-7-19-13)6-18-12-2-1-9(16)5-11(12)17/h1-5,18H,6-7H2. The fourth-order valence-electron chi connectivity index (χ4n) is 1.95. The zero-order valence-electron chi connectivity index (χ0n) is 10.3. The van der Waals surface area contributed by atoms with E-state index in [-0.39, 0.29) is 12.5 Å². The third-order valence-electron chi connectivity index (χ3n) is 2.90. The van der Waals surface area contributed by atoms with E-state index in [0.29, 0.717) is 23.1 Å². The van der Waals surface area contributed by atoms with E-state index in [4.69, 9.17) is 21.1 Å². The summed E-state index contributed by atoms with van der Waals surface area (Å²) in [6.45, 7) is 0.470. The molecule has 0 aliphatic carbocycles. The number of hydrogen-bond acceptors (Lipinski definition) is 3. The van der Waals surface area contributed by atoms with Crippen LogP contribution in [0.15, 0.2) is 30.3 Å². The summed E-state index contributed by atoms with van der Waals surface area (Å²) >= 11 is 6.05. The van der Waals surface area contributed by atoms with Crippen LogP contribution in [0, 0.1) is 11.6 Å². The average Bonchev–Trinajstić information content (AvgIpc) is 2.86. The van der Waals surface area contributed by atoms with Crippen LogP contribution in [0.4, 0.5) is 14.5 Å². The molecule has 0 fully saturated rings. The SMILES string of the molecule is Fc1ccc(NCc2cc(Cl)c3c(c2)OCO3)c(F)c1. The van der Waals surface area contributed by atoms with Gasteiger partial charge in [-0.25, -0.2) is 8.78 Å². The molecule has 0 bridgehead atoms. The second-order valence-electron chi connectivity index (χ2n) is 4.29. The second-order valence-corrected chi connectivity index (χ2v) is 4.70. The number of ether oxygens (including phenoxy) is 2. The molecule has 0 saturated carbocycles. The van der Waals surface area contributed by atoms with Crippen LogP contribution in [0.25, 0.3) is 0 Å². The van der Waals surface area contributed by atoms with Crippen LogP contribution in [0.5, 0.6) is 11.5 Å². The molecule has 0 atom stereocenters. The number of anilines is 1. The Morgan fingerprint density at radius 2 is 2.00 bits per heavy atom. The lowest BCUT2D eigenvalue weighted by atomic mass is 10.2. The number of hydrogen-bond donors (Lipinski definition) is 1. The van der Waals surface area contributed by atoms with Crippen LogP contribution in [0.1, 0.15) is 5.56 Å². The van der Waals surface area contributed by atoms with Crippen molar-refractivity contribution in [3.05, 3.63) is 52.6 Å². The number of benzene rings is 2. The van der Waals surface area contributed by atoms with Gasteiger partial charge in [0.25, 0.3) is 0 Å². The largest absolute Gasteiger partial charge is 0.454 e. The smallest absolute Gasteiger partial charge is 0.231 e. The summed E-state index contributed by atoms with van der Waals surface area (Å²) in [5, 5.41) is 3.32. The first-order chi connectivity index (χ1) is 9.63. The van der Waals surface area contributed by atoms with Crippen molar-refractivity contribution in [3.63, 3.8) is 0 Å². The molecular weight excluding hydrogens is 288 g/mol. The summed E-state index contributed by atoms with van der Waals surface area (Å²) < 4.78 is 36.7. The Balaban J connectivity index is 1.77. The van der Waals surface area contributed by atoms with Crippen molar-refractivity contribution >= 4 is 17.3 Å². The minimum Gasteiger partial charge on any atom is -0.454 e. The third-order valence-corrected chi connectivity index (χ3v) is 3.18. The van der Waals surface area contributed by atoms with Gasteiger partial charge in [-0.3, -0.25) is 0 Å². The fraction of sp³-hybridized carbons (Fsp3) is 0.143. The maximum absolute atomic E-state index is 13.5. The highest BCUT2D eigenvalue weighted by molar-refractivity contribution is 6.32. The Kier molecular flexibility index (Phi) is 3.36. The van der Waals surface area contributed by atoms with Crippen molar-refractivity contribution in [2.45, 2.75) is 6.54 Å². The van der Waals surface area contributed by atoms with Crippen molar-refractivity contribution in [2.75, 3.05) is 12.1 Å². The summed E-state index contributed by atoms with van der Waals surface area (Å²) in [7, 11) is 0. The number of fused-ring (bicyclic) bond motifs is 1. The molecule has 0 radical (unpaired) electrons. The molecule has 3 rings (SSSR count). The lowest BCUT2D eigenvalue weighted by Gasteiger charge is -2.09. The average molecular weight is 298 g/mol.